The van der Waals surface area contributed by atoms with Gasteiger partial charge in [-0.25, -0.2) is 9.78 Å². The lowest BCUT2D eigenvalue weighted by Gasteiger charge is -2.35. The number of carbonyl (C=O) groups excluding carboxylic acids is 1. The van der Waals surface area contributed by atoms with Gasteiger partial charge in [0.2, 0.25) is 0 Å². The highest BCUT2D eigenvalue weighted by molar-refractivity contribution is 7.18. The molecule has 1 saturated heterocycles. The molecule has 2 amide bonds. The number of likely N-dealkylation sites (tertiary alicyclic amines) is 1. The van der Waals surface area contributed by atoms with Crippen LogP contribution in [0.1, 0.15) is 34.7 Å². The van der Waals surface area contributed by atoms with Crippen LogP contribution in [0.3, 0.4) is 0 Å². The van der Waals surface area contributed by atoms with Gasteiger partial charge < -0.3 is 16.1 Å². The fraction of sp³-hybridized carbons (Fsp3) is 0.323. The molecule has 1 fully saturated rings. The summed E-state index contributed by atoms with van der Waals surface area (Å²) in [5, 5.41) is 11.6. The fourth-order valence-electron chi connectivity index (χ4n) is 6.22. The van der Waals surface area contributed by atoms with Crippen molar-refractivity contribution in [2.75, 3.05) is 25.5 Å². The number of nitrogen functional groups attached to an aromatic ring is 1. The maximum atomic E-state index is 13.4. The number of nitrogens with two attached hydrogens (primary N) is 1. The molecule has 3 aromatic carbocycles. The summed E-state index contributed by atoms with van der Waals surface area (Å²) >= 11 is 1.69. The summed E-state index contributed by atoms with van der Waals surface area (Å²) in [6, 6.07) is 21.6. The zero-order chi connectivity index (χ0) is 27.2. The lowest BCUT2D eigenvalue weighted by Crippen LogP contribution is -2.52. The number of hydrogen-bond acceptors (Lipinski definition) is 6. The van der Waals surface area contributed by atoms with Gasteiger partial charge in [0.1, 0.15) is 0 Å². The highest BCUT2D eigenvalue weighted by Gasteiger charge is 2.30. The molecule has 2 aromatic heterocycles. The third-order valence-corrected chi connectivity index (χ3v) is 9.15. The molecule has 1 atom stereocenters. The van der Waals surface area contributed by atoms with Crippen LogP contribution < -0.4 is 11.2 Å². The summed E-state index contributed by atoms with van der Waals surface area (Å²) < 4.78 is 1.16. The van der Waals surface area contributed by atoms with Crippen LogP contribution in [0.15, 0.2) is 60.7 Å². The highest BCUT2D eigenvalue weighted by atomic mass is 32.1. The number of nitrogens with one attached hydrogen (secondary N) is 1. The van der Waals surface area contributed by atoms with E-state index in [4.69, 9.17) is 5.84 Å². The number of carbonyl (C=O) groups is 1. The van der Waals surface area contributed by atoms with Crippen molar-refractivity contribution < 1.29 is 4.79 Å². The Morgan fingerprint density at radius 3 is 2.88 bits per heavy atom. The van der Waals surface area contributed by atoms with Crippen LogP contribution in [0.2, 0.25) is 0 Å². The summed E-state index contributed by atoms with van der Waals surface area (Å²) in [4.78, 5) is 23.9. The normalized spacial score (nSPS) is 17.8. The lowest BCUT2D eigenvalue weighted by molar-refractivity contribution is 0.160. The van der Waals surface area contributed by atoms with E-state index in [2.05, 4.69) is 81.0 Å². The number of aryl methyl sites for hydroxylation is 1. The van der Waals surface area contributed by atoms with Gasteiger partial charge in [-0.05, 0) is 60.8 Å². The predicted octanol–water partition coefficient (Wildman–Crippen LogP) is 5.07. The van der Waals surface area contributed by atoms with Crippen LogP contribution in [0.25, 0.3) is 32.2 Å². The molecule has 9 heteroatoms. The Morgan fingerprint density at radius 1 is 1.10 bits per heavy atom. The third-order valence-electron chi connectivity index (χ3n) is 8.19. The number of aromatic nitrogens is 3. The Balaban J connectivity index is 1.03. The van der Waals surface area contributed by atoms with E-state index in [1.807, 2.05) is 11.8 Å². The van der Waals surface area contributed by atoms with Gasteiger partial charge in [-0.2, -0.15) is 9.89 Å². The number of thiazole rings is 1. The van der Waals surface area contributed by atoms with Crippen molar-refractivity contribution in [1.82, 2.24) is 30.0 Å². The topological polar surface area (TPSA) is 92.3 Å². The molecular weight excluding hydrogens is 518 g/mol. The molecule has 204 valence electrons. The zero-order valence-electron chi connectivity index (χ0n) is 22.6. The number of hydrogen-bond donors (Lipinski definition) is 2. The molecule has 0 radical (unpaired) electrons. The first kappa shape index (κ1) is 25.0. The van der Waals surface area contributed by atoms with E-state index in [1.165, 1.54) is 21.1 Å². The molecule has 0 saturated carbocycles. The van der Waals surface area contributed by atoms with E-state index in [9.17, 15) is 4.79 Å². The minimum absolute atomic E-state index is 0.00972. The minimum Gasteiger partial charge on any atom is -0.334 e. The van der Waals surface area contributed by atoms with E-state index < -0.39 is 0 Å². The largest absolute Gasteiger partial charge is 0.334 e. The van der Waals surface area contributed by atoms with E-state index in [0.29, 0.717) is 19.5 Å². The predicted molar refractivity (Wildman–Crippen MR) is 161 cm³/mol. The Kier molecular flexibility index (Phi) is 6.40. The molecule has 0 aliphatic carbocycles. The van der Waals surface area contributed by atoms with Crippen LogP contribution >= 0.6 is 11.3 Å². The van der Waals surface area contributed by atoms with Gasteiger partial charge in [0.15, 0.2) is 0 Å². The quantitative estimate of drug-likeness (QED) is 0.305. The number of piperidine rings is 1. The maximum Gasteiger partial charge on any atom is 0.317 e. The second-order valence-electron chi connectivity index (χ2n) is 11.0. The van der Waals surface area contributed by atoms with Crippen LogP contribution in [-0.2, 0) is 19.5 Å². The summed E-state index contributed by atoms with van der Waals surface area (Å²) in [5.74, 6) is 6.26. The average Bonchev–Trinajstić information content (AvgIpc) is 3.50. The zero-order valence-corrected chi connectivity index (χ0v) is 23.5. The molecule has 8 nitrogen and oxygen atoms in total. The maximum absolute atomic E-state index is 13.4. The van der Waals surface area contributed by atoms with Crippen molar-refractivity contribution in [2.24, 2.45) is 0 Å². The number of urea groups is 1. The molecular formula is C31H33N7OS. The Morgan fingerprint density at radius 2 is 1.98 bits per heavy atom. The van der Waals surface area contributed by atoms with E-state index in [-0.39, 0.29) is 12.1 Å². The van der Waals surface area contributed by atoms with Crippen molar-refractivity contribution in [3.63, 3.8) is 0 Å². The molecule has 3 N–H and O–H groups in total. The molecule has 5 aromatic rings. The Hall–Kier alpha value is -3.95. The third kappa shape index (κ3) is 4.80. The Bertz CT molecular complexity index is 1720. The first-order chi connectivity index (χ1) is 19.5. The minimum atomic E-state index is -0.00972. The number of fused-ring (bicyclic) bond motifs is 3. The molecule has 2 aliphatic rings. The smallest absolute Gasteiger partial charge is 0.317 e. The SMILES string of the molecule is Cc1nc2cc(-c3nn(N)c4c3CN(C(=O)N[C@@H]3CCCN(Cc5ccc6ccccc6c5)C3)CC4)ccc2s1. The fourth-order valence-corrected chi connectivity index (χ4v) is 7.03. The summed E-state index contributed by atoms with van der Waals surface area (Å²) in [6.45, 7) is 5.94. The van der Waals surface area contributed by atoms with Gasteiger partial charge in [-0.3, -0.25) is 4.90 Å². The van der Waals surface area contributed by atoms with E-state index >= 15 is 0 Å². The van der Waals surface area contributed by atoms with Crippen molar-refractivity contribution in [3.8, 4) is 11.3 Å². The first-order valence-electron chi connectivity index (χ1n) is 14.0. The van der Waals surface area contributed by atoms with Gasteiger partial charge in [0.05, 0.1) is 33.2 Å². The number of rotatable bonds is 4. The van der Waals surface area contributed by atoms with Crippen molar-refractivity contribution in [1.29, 1.82) is 0 Å². The lowest BCUT2D eigenvalue weighted by atomic mass is 10.0. The standard InChI is InChI=1S/C31H33N7OS/c1-20-33-27-16-24(10-11-29(27)40-20)30-26-19-37(14-12-28(26)38(32)35-30)31(39)34-25-7-4-13-36(18-25)17-21-8-9-22-5-2-3-6-23(22)15-21/h2-3,5-6,8-11,15-16,25H,4,7,12-14,17-19,32H2,1H3,(H,34,39)/t25-/m1/s1. The Labute approximate surface area is 237 Å². The molecule has 0 bridgehead atoms. The van der Waals surface area contributed by atoms with E-state index in [1.54, 1.807) is 11.3 Å². The van der Waals surface area contributed by atoms with Crippen molar-refractivity contribution >= 4 is 38.4 Å². The summed E-state index contributed by atoms with van der Waals surface area (Å²) in [6.07, 6.45) is 2.76. The van der Waals surface area contributed by atoms with Gasteiger partial charge in [0.25, 0.3) is 0 Å². The molecule has 2 aliphatic heterocycles. The highest BCUT2D eigenvalue weighted by Crippen LogP contribution is 2.32. The van der Waals surface area contributed by atoms with Gasteiger partial charge in [-0.15, -0.1) is 11.3 Å². The van der Waals surface area contributed by atoms with Crippen LogP contribution in [-0.4, -0.2) is 56.4 Å². The number of amides is 2. The monoisotopic (exact) mass is 551 g/mol. The van der Waals surface area contributed by atoms with Crippen LogP contribution in [0.5, 0.6) is 0 Å². The van der Waals surface area contributed by atoms with Gasteiger partial charge in [-0.1, -0.05) is 42.5 Å². The van der Waals surface area contributed by atoms with Gasteiger partial charge >= 0.3 is 6.03 Å². The van der Waals surface area contributed by atoms with E-state index in [0.717, 1.165) is 70.2 Å². The first-order valence-corrected chi connectivity index (χ1v) is 14.8. The van der Waals surface area contributed by atoms with Crippen LogP contribution in [0, 0.1) is 6.92 Å². The van der Waals surface area contributed by atoms with Crippen molar-refractivity contribution in [3.05, 3.63) is 82.5 Å². The summed E-state index contributed by atoms with van der Waals surface area (Å²) in [5.41, 5.74) is 6.12. The van der Waals surface area contributed by atoms with Crippen molar-refractivity contribution in [2.45, 2.75) is 45.3 Å². The second-order valence-corrected chi connectivity index (χ2v) is 12.2. The second kappa shape index (κ2) is 10.2. The number of nitrogens with zero attached hydrogens (tertiary/aromatic N) is 5. The number of benzene rings is 3. The van der Waals surface area contributed by atoms with Gasteiger partial charge in [0, 0.05) is 43.2 Å². The average molecular weight is 552 g/mol. The molecule has 0 spiro atoms. The van der Waals surface area contributed by atoms with Crippen LogP contribution in [0.4, 0.5) is 4.79 Å². The summed E-state index contributed by atoms with van der Waals surface area (Å²) in [7, 11) is 0. The molecule has 7 rings (SSSR count). The molecule has 4 heterocycles. The molecule has 0 unspecified atom stereocenters. The molecule has 40 heavy (non-hydrogen) atoms.